The van der Waals surface area contributed by atoms with E-state index in [1.54, 1.807) is 4.90 Å². The van der Waals surface area contributed by atoms with Crippen molar-refractivity contribution in [2.45, 2.75) is 57.7 Å². The van der Waals surface area contributed by atoms with Crippen molar-refractivity contribution < 1.29 is 13.6 Å². The van der Waals surface area contributed by atoms with Crippen LogP contribution in [0.15, 0.2) is 24.4 Å². The molecule has 4 heterocycles. The molecule has 3 N–H and O–H groups in total. The lowest BCUT2D eigenvalue weighted by atomic mass is 10.1. The SMILES string of the molecule is CC(C)c1cc(Nc2nc(N3CC(F)C[C@H]3C(=O)Nc3ccc(F)nc3)nc3c2CCC3)n[nH]1. The molecule has 11 heteroatoms. The maximum Gasteiger partial charge on any atom is 0.247 e. The normalized spacial score (nSPS) is 19.5. The Labute approximate surface area is 195 Å². The number of rotatable bonds is 6. The third-order valence-electron chi connectivity index (χ3n) is 6.19. The Morgan fingerprint density at radius 1 is 1.26 bits per heavy atom. The average Bonchev–Trinajstić information content (AvgIpc) is 3.54. The molecule has 3 aromatic heterocycles. The third kappa shape index (κ3) is 4.42. The zero-order valence-electron chi connectivity index (χ0n) is 19.0. The molecule has 1 fully saturated rings. The molecular formula is C23H26F2N8O. The van der Waals surface area contributed by atoms with Crippen molar-refractivity contribution in [1.82, 2.24) is 25.1 Å². The summed E-state index contributed by atoms with van der Waals surface area (Å²) >= 11 is 0. The minimum absolute atomic E-state index is 0.0118. The van der Waals surface area contributed by atoms with Crippen LogP contribution < -0.4 is 15.5 Å². The maximum absolute atomic E-state index is 14.5. The van der Waals surface area contributed by atoms with Crippen LogP contribution in [0, 0.1) is 5.95 Å². The largest absolute Gasteiger partial charge is 0.326 e. The Morgan fingerprint density at radius 3 is 2.85 bits per heavy atom. The fraction of sp³-hybridized carbons (Fsp3) is 0.435. The maximum atomic E-state index is 14.5. The van der Waals surface area contributed by atoms with Crippen molar-refractivity contribution in [2.24, 2.45) is 0 Å². The predicted octanol–water partition coefficient (Wildman–Crippen LogP) is 3.65. The number of H-pyrrole nitrogens is 1. The molecule has 1 unspecified atom stereocenters. The number of aryl methyl sites for hydroxylation is 1. The third-order valence-corrected chi connectivity index (χ3v) is 6.19. The van der Waals surface area contributed by atoms with Gasteiger partial charge in [-0.3, -0.25) is 9.89 Å². The number of halogens is 2. The highest BCUT2D eigenvalue weighted by molar-refractivity contribution is 5.97. The number of anilines is 4. The van der Waals surface area contributed by atoms with E-state index in [4.69, 9.17) is 9.97 Å². The fourth-order valence-corrected chi connectivity index (χ4v) is 4.40. The van der Waals surface area contributed by atoms with Crippen LogP contribution in [0.2, 0.25) is 0 Å². The van der Waals surface area contributed by atoms with E-state index >= 15 is 0 Å². The molecule has 0 radical (unpaired) electrons. The number of aromatic amines is 1. The highest BCUT2D eigenvalue weighted by atomic mass is 19.1. The van der Waals surface area contributed by atoms with Gasteiger partial charge in [-0.05, 0) is 37.3 Å². The van der Waals surface area contributed by atoms with Crippen LogP contribution in [0.5, 0.6) is 0 Å². The number of hydrogen-bond acceptors (Lipinski definition) is 7. The molecule has 2 atom stereocenters. The van der Waals surface area contributed by atoms with Gasteiger partial charge in [0.15, 0.2) is 5.82 Å². The summed E-state index contributed by atoms with van der Waals surface area (Å²) in [6, 6.07) is 3.70. The van der Waals surface area contributed by atoms with Gasteiger partial charge in [-0.2, -0.15) is 14.5 Å². The van der Waals surface area contributed by atoms with Crippen LogP contribution in [0.4, 0.5) is 32.1 Å². The van der Waals surface area contributed by atoms with Gasteiger partial charge in [0.25, 0.3) is 0 Å². The van der Waals surface area contributed by atoms with E-state index in [9.17, 15) is 13.6 Å². The molecule has 0 spiro atoms. The number of amides is 1. The molecule has 1 amide bonds. The topological polar surface area (TPSA) is 112 Å². The second-order valence-electron chi connectivity index (χ2n) is 9.00. The molecule has 1 aliphatic carbocycles. The van der Waals surface area contributed by atoms with Gasteiger partial charge in [-0.25, -0.2) is 14.4 Å². The first-order valence-electron chi connectivity index (χ1n) is 11.4. The monoisotopic (exact) mass is 468 g/mol. The number of carbonyl (C=O) groups is 1. The van der Waals surface area contributed by atoms with Gasteiger partial charge in [0.05, 0.1) is 24.1 Å². The number of aromatic nitrogens is 5. The minimum atomic E-state index is -1.20. The highest BCUT2D eigenvalue weighted by Gasteiger charge is 2.39. The number of alkyl halides is 1. The van der Waals surface area contributed by atoms with Crippen molar-refractivity contribution in [2.75, 3.05) is 22.1 Å². The summed E-state index contributed by atoms with van der Waals surface area (Å²) in [5.74, 6) is 0.819. The Kier molecular flexibility index (Phi) is 5.84. The Balaban J connectivity index is 1.42. The molecule has 1 aliphatic heterocycles. The van der Waals surface area contributed by atoms with E-state index in [0.717, 1.165) is 42.3 Å². The van der Waals surface area contributed by atoms with Crippen LogP contribution in [0.25, 0.3) is 0 Å². The number of carbonyl (C=O) groups excluding carboxylic acids is 1. The van der Waals surface area contributed by atoms with Crippen LogP contribution >= 0.6 is 0 Å². The lowest BCUT2D eigenvalue weighted by Gasteiger charge is -2.24. The van der Waals surface area contributed by atoms with E-state index in [0.29, 0.717) is 29.2 Å². The number of nitrogens with one attached hydrogen (secondary N) is 3. The van der Waals surface area contributed by atoms with Crippen LogP contribution in [-0.4, -0.2) is 49.8 Å². The molecule has 5 rings (SSSR count). The van der Waals surface area contributed by atoms with E-state index in [2.05, 4.69) is 39.7 Å². The minimum Gasteiger partial charge on any atom is -0.326 e. The summed E-state index contributed by atoms with van der Waals surface area (Å²) in [5.41, 5.74) is 3.26. The standard InChI is InChI=1S/C23H26F2N8O/c1-12(2)17-9-20(32-31-17)29-21-15-4-3-5-16(15)28-23(30-21)33-11-13(24)8-18(33)22(34)27-14-6-7-19(25)26-10-14/h6-7,9-10,12-13,18H,3-5,8,11H2,1-2H3,(H,27,34)(H2,28,29,30,31,32)/t13?,18-/m0/s1. The van der Waals surface area contributed by atoms with Crippen LogP contribution in [-0.2, 0) is 17.6 Å². The molecule has 0 saturated carbocycles. The predicted molar refractivity (Wildman–Crippen MR) is 123 cm³/mol. The Morgan fingerprint density at radius 2 is 2.12 bits per heavy atom. The molecule has 34 heavy (non-hydrogen) atoms. The number of pyridine rings is 1. The van der Waals surface area contributed by atoms with Gasteiger partial charge >= 0.3 is 0 Å². The summed E-state index contributed by atoms with van der Waals surface area (Å²) in [4.78, 5) is 27.5. The highest BCUT2D eigenvalue weighted by Crippen LogP contribution is 2.33. The van der Waals surface area contributed by atoms with Gasteiger partial charge in [0, 0.05) is 23.7 Å². The van der Waals surface area contributed by atoms with Gasteiger partial charge < -0.3 is 15.5 Å². The average molecular weight is 469 g/mol. The lowest BCUT2D eigenvalue weighted by Crippen LogP contribution is -2.40. The van der Waals surface area contributed by atoms with Crippen molar-refractivity contribution in [3.8, 4) is 0 Å². The van der Waals surface area contributed by atoms with Gasteiger partial charge in [-0.1, -0.05) is 13.8 Å². The molecule has 2 aliphatic rings. The summed E-state index contributed by atoms with van der Waals surface area (Å²) in [5, 5.41) is 13.3. The van der Waals surface area contributed by atoms with Crippen molar-refractivity contribution in [1.29, 1.82) is 0 Å². The summed E-state index contributed by atoms with van der Waals surface area (Å²) in [7, 11) is 0. The molecular weight excluding hydrogens is 442 g/mol. The summed E-state index contributed by atoms with van der Waals surface area (Å²) in [6.45, 7) is 4.16. The Bertz CT molecular complexity index is 1200. The van der Waals surface area contributed by atoms with E-state index in [1.807, 2.05) is 6.07 Å². The molecule has 0 aromatic carbocycles. The first-order valence-corrected chi connectivity index (χ1v) is 11.4. The number of nitrogens with zero attached hydrogens (tertiary/aromatic N) is 5. The summed E-state index contributed by atoms with van der Waals surface area (Å²) < 4.78 is 27.6. The van der Waals surface area contributed by atoms with Gasteiger partial charge in [-0.15, -0.1) is 0 Å². The van der Waals surface area contributed by atoms with Crippen LogP contribution in [0.1, 0.15) is 49.6 Å². The first-order chi connectivity index (χ1) is 16.4. The smallest absolute Gasteiger partial charge is 0.247 e. The lowest BCUT2D eigenvalue weighted by molar-refractivity contribution is -0.117. The fourth-order valence-electron chi connectivity index (χ4n) is 4.40. The summed E-state index contributed by atoms with van der Waals surface area (Å²) in [6.07, 6.45) is 2.63. The number of hydrogen-bond donors (Lipinski definition) is 3. The van der Waals surface area contributed by atoms with E-state index in [-0.39, 0.29) is 13.0 Å². The quantitative estimate of drug-likeness (QED) is 0.474. The second kappa shape index (κ2) is 8.96. The van der Waals surface area contributed by atoms with Gasteiger partial charge in [0.2, 0.25) is 17.8 Å². The zero-order valence-corrected chi connectivity index (χ0v) is 19.0. The van der Waals surface area contributed by atoms with Crippen LogP contribution in [0.3, 0.4) is 0 Å². The van der Waals surface area contributed by atoms with Crippen molar-refractivity contribution in [3.05, 3.63) is 47.3 Å². The number of fused-ring (bicyclic) bond motifs is 1. The van der Waals surface area contributed by atoms with Crippen molar-refractivity contribution >= 4 is 29.2 Å². The molecule has 0 bridgehead atoms. The molecule has 9 nitrogen and oxygen atoms in total. The van der Waals surface area contributed by atoms with E-state index < -0.39 is 24.1 Å². The van der Waals surface area contributed by atoms with Gasteiger partial charge in [0.1, 0.15) is 18.0 Å². The zero-order chi connectivity index (χ0) is 23.8. The molecule has 3 aromatic rings. The van der Waals surface area contributed by atoms with Crippen molar-refractivity contribution in [3.63, 3.8) is 0 Å². The second-order valence-corrected chi connectivity index (χ2v) is 9.00. The Hall–Kier alpha value is -3.63. The first kappa shape index (κ1) is 22.2. The molecule has 1 saturated heterocycles. The molecule has 178 valence electrons. The van der Waals surface area contributed by atoms with E-state index in [1.165, 1.54) is 12.3 Å².